The van der Waals surface area contributed by atoms with Crippen molar-refractivity contribution in [2.75, 3.05) is 5.32 Å². The van der Waals surface area contributed by atoms with Gasteiger partial charge >= 0.3 is 0 Å². The van der Waals surface area contributed by atoms with Crippen LogP contribution < -0.4 is 5.32 Å². The van der Waals surface area contributed by atoms with Gasteiger partial charge in [-0.1, -0.05) is 26.7 Å². The second kappa shape index (κ2) is 6.02. The van der Waals surface area contributed by atoms with E-state index < -0.39 is 0 Å². The fourth-order valence-electron chi connectivity index (χ4n) is 2.02. The Morgan fingerprint density at radius 1 is 1.37 bits per heavy atom. The van der Waals surface area contributed by atoms with Crippen molar-refractivity contribution >= 4 is 34.8 Å². The molecule has 0 radical (unpaired) electrons. The van der Waals surface area contributed by atoms with Gasteiger partial charge in [-0.3, -0.25) is 4.79 Å². The monoisotopic (exact) mass is 277 g/mol. The van der Waals surface area contributed by atoms with Crippen LogP contribution in [0.4, 0.5) is 5.69 Å². The highest BCUT2D eigenvalue weighted by atomic mass is 32.1. The number of hydrogen-bond acceptors (Lipinski definition) is 2. The Hall–Kier alpha value is -1.62. The molecule has 1 aromatic heterocycles. The van der Waals surface area contributed by atoms with Crippen molar-refractivity contribution in [3.05, 3.63) is 23.0 Å². The van der Waals surface area contributed by atoms with Gasteiger partial charge in [-0.25, -0.2) is 0 Å². The lowest BCUT2D eigenvalue weighted by molar-refractivity contribution is -0.119. The molecule has 1 unspecified atom stereocenters. The second-order valence-corrected chi connectivity index (χ2v) is 5.28. The van der Waals surface area contributed by atoms with Crippen molar-refractivity contribution in [2.24, 2.45) is 5.92 Å². The molecular formula is C14H19N3OS. The van der Waals surface area contributed by atoms with Crippen LogP contribution in [0.5, 0.6) is 0 Å². The van der Waals surface area contributed by atoms with Crippen LogP contribution in [0.3, 0.4) is 0 Å². The number of fused-ring (bicyclic) bond motifs is 1. The molecule has 1 aromatic carbocycles. The second-order valence-electron chi connectivity index (χ2n) is 4.87. The van der Waals surface area contributed by atoms with Gasteiger partial charge in [-0.05, 0) is 36.8 Å². The van der Waals surface area contributed by atoms with Crippen LogP contribution in [0.2, 0.25) is 0 Å². The smallest absolute Gasteiger partial charge is 0.227 e. The van der Waals surface area contributed by atoms with Gasteiger partial charge in [0.2, 0.25) is 5.91 Å². The number of carbonyl (C=O) groups excluding carboxylic acids is 1. The number of imidazole rings is 1. The van der Waals surface area contributed by atoms with E-state index in [0.717, 1.165) is 36.0 Å². The van der Waals surface area contributed by atoms with Crippen molar-refractivity contribution in [1.82, 2.24) is 9.97 Å². The van der Waals surface area contributed by atoms with E-state index in [2.05, 4.69) is 22.2 Å². The maximum atomic E-state index is 12.0. The van der Waals surface area contributed by atoms with E-state index in [-0.39, 0.29) is 11.8 Å². The van der Waals surface area contributed by atoms with Crippen LogP contribution in [0.15, 0.2) is 18.2 Å². The number of benzene rings is 1. The Labute approximate surface area is 117 Å². The average molecular weight is 277 g/mol. The molecule has 0 aliphatic carbocycles. The highest BCUT2D eigenvalue weighted by Gasteiger charge is 2.12. The van der Waals surface area contributed by atoms with Crippen LogP contribution in [0.1, 0.15) is 33.1 Å². The Morgan fingerprint density at radius 3 is 2.84 bits per heavy atom. The van der Waals surface area contributed by atoms with Gasteiger partial charge < -0.3 is 15.3 Å². The number of hydrogen-bond donors (Lipinski definition) is 3. The highest BCUT2D eigenvalue weighted by molar-refractivity contribution is 7.71. The fraction of sp³-hybridized carbons (Fsp3) is 0.429. The summed E-state index contributed by atoms with van der Waals surface area (Å²) in [5.74, 6) is 0.113. The molecule has 0 saturated carbocycles. The lowest BCUT2D eigenvalue weighted by Crippen LogP contribution is -2.20. The SMILES string of the molecule is CCCCC(C)C(=O)Nc1ccc2[nH]c(=S)[nH]c2c1. The Kier molecular flexibility index (Phi) is 4.37. The molecule has 2 rings (SSSR count). The number of nitrogens with one attached hydrogen (secondary N) is 3. The predicted molar refractivity (Wildman–Crippen MR) is 80.8 cm³/mol. The largest absolute Gasteiger partial charge is 0.331 e. The Morgan fingerprint density at radius 2 is 2.11 bits per heavy atom. The minimum Gasteiger partial charge on any atom is -0.331 e. The van der Waals surface area contributed by atoms with Crippen molar-refractivity contribution < 1.29 is 4.79 Å². The van der Waals surface area contributed by atoms with E-state index in [9.17, 15) is 4.79 Å². The minimum absolute atomic E-state index is 0.0420. The van der Waals surface area contributed by atoms with Gasteiger partial charge in [0.25, 0.3) is 0 Å². The van der Waals surface area contributed by atoms with E-state index >= 15 is 0 Å². The molecule has 1 heterocycles. The molecule has 4 nitrogen and oxygen atoms in total. The molecule has 0 aliphatic rings. The molecule has 2 aromatic rings. The topological polar surface area (TPSA) is 60.7 Å². The lowest BCUT2D eigenvalue weighted by Gasteiger charge is -2.11. The summed E-state index contributed by atoms with van der Waals surface area (Å²) in [5.41, 5.74) is 2.65. The number of rotatable bonds is 5. The number of unbranched alkanes of at least 4 members (excludes halogenated alkanes) is 1. The predicted octanol–water partition coefficient (Wildman–Crippen LogP) is 3.99. The molecule has 0 saturated heterocycles. The number of aromatic nitrogens is 2. The van der Waals surface area contributed by atoms with E-state index in [4.69, 9.17) is 12.2 Å². The third-order valence-corrected chi connectivity index (χ3v) is 3.43. The van der Waals surface area contributed by atoms with Crippen molar-refractivity contribution in [3.63, 3.8) is 0 Å². The van der Waals surface area contributed by atoms with Crippen LogP contribution in [-0.4, -0.2) is 15.9 Å². The van der Waals surface area contributed by atoms with Crippen LogP contribution in [0.25, 0.3) is 11.0 Å². The summed E-state index contributed by atoms with van der Waals surface area (Å²) in [6.45, 7) is 4.10. The molecule has 0 aliphatic heterocycles. The summed E-state index contributed by atoms with van der Waals surface area (Å²) in [4.78, 5) is 18.1. The molecule has 3 N–H and O–H groups in total. The summed E-state index contributed by atoms with van der Waals surface area (Å²) in [5, 5.41) is 2.95. The first kappa shape index (κ1) is 13.8. The molecule has 0 spiro atoms. The summed E-state index contributed by atoms with van der Waals surface area (Å²) < 4.78 is 0.592. The molecule has 1 atom stereocenters. The van der Waals surface area contributed by atoms with Gasteiger partial charge in [-0.2, -0.15) is 0 Å². The van der Waals surface area contributed by atoms with Gasteiger partial charge in [0, 0.05) is 11.6 Å². The molecule has 102 valence electrons. The Bertz CT molecular complexity index is 629. The standard InChI is InChI=1S/C14H19N3OS/c1-3-4-5-9(2)13(18)15-10-6-7-11-12(8-10)17-14(19)16-11/h6-9H,3-5H2,1-2H3,(H,15,18)(H2,16,17,19). The van der Waals surface area contributed by atoms with Crippen molar-refractivity contribution in [2.45, 2.75) is 33.1 Å². The van der Waals surface area contributed by atoms with E-state index in [1.165, 1.54) is 0 Å². The quantitative estimate of drug-likeness (QED) is 0.724. The zero-order chi connectivity index (χ0) is 13.8. The first-order chi connectivity index (χ1) is 9.10. The van der Waals surface area contributed by atoms with Crippen LogP contribution in [0, 0.1) is 10.7 Å². The zero-order valence-corrected chi connectivity index (χ0v) is 12.1. The first-order valence-electron chi connectivity index (χ1n) is 6.63. The first-order valence-corrected chi connectivity index (χ1v) is 7.04. The summed E-state index contributed by atoms with van der Waals surface area (Å²) in [6, 6.07) is 5.69. The number of carbonyl (C=O) groups is 1. The van der Waals surface area contributed by atoms with Gasteiger partial charge in [0.1, 0.15) is 0 Å². The fourth-order valence-corrected chi connectivity index (χ4v) is 2.24. The molecule has 0 bridgehead atoms. The number of H-pyrrole nitrogens is 2. The summed E-state index contributed by atoms with van der Waals surface area (Å²) in [6.07, 6.45) is 3.12. The van der Waals surface area contributed by atoms with Gasteiger partial charge in [0.05, 0.1) is 11.0 Å². The van der Waals surface area contributed by atoms with Gasteiger partial charge in [0.15, 0.2) is 4.77 Å². The summed E-state index contributed by atoms with van der Waals surface area (Å²) in [7, 11) is 0. The molecule has 19 heavy (non-hydrogen) atoms. The lowest BCUT2D eigenvalue weighted by atomic mass is 10.0. The third kappa shape index (κ3) is 3.44. The number of anilines is 1. The van der Waals surface area contributed by atoms with Crippen molar-refractivity contribution in [1.29, 1.82) is 0 Å². The normalized spacial score (nSPS) is 12.5. The highest BCUT2D eigenvalue weighted by Crippen LogP contribution is 2.18. The maximum absolute atomic E-state index is 12.0. The molecule has 5 heteroatoms. The van der Waals surface area contributed by atoms with E-state index in [1.54, 1.807) is 0 Å². The van der Waals surface area contributed by atoms with Crippen LogP contribution >= 0.6 is 12.2 Å². The van der Waals surface area contributed by atoms with E-state index in [1.807, 2.05) is 25.1 Å². The zero-order valence-electron chi connectivity index (χ0n) is 11.2. The van der Waals surface area contributed by atoms with Gasteiger partial charge in [-0.15, -0.1) is 0 Å². The third-order valence-electron chi connectivity index (χ3n) is 3.22. The minimum atomic E-state index is 0.0420. The van der Waals surface area contributed by atoms with E-state index in [0.29, 0.717) is 4.77 Å². The average Bonchev–Trinajstić information content (AvgIpc) is 2.75. The van der Waals surface area contributed by atoms with Crippen LogP contribution in [-0.2, 0) is 4.79 Å². The molecular weight excluding hydrogens is 258 g/mol. The number of aromatic amines is 2. The maximum Gasteiger partial charge on any atom is 0.227 e. The summed E-state index contributed by atoms with van der Waals surface area (Å²) >= 11 is 5.03. The molecule has 1 amide bonds. The van der Waals surface area contributed by atoms with Crippen molar-refractivity contribution in [3.8, 4) is 0 Å². The Balaban J connectivity index is 2.08. The molecule has 0 fully saturated rings. The number of amides is 1.